The molecule has 2 rings (SSSR count). The van der Waals surface area contributed by atoms with Crippen LogP contribution in [0.1, 0.15) is 18.7 Å². The predicted molar refractivity (Wildman–Crippen MR) is 73.8 cm³/mol. The molecule has 1 N–H and O–H groups in total. The summed E-state index contributed by atoms with van der Waals surface area (Å²) in [6, 6.07) is 0.616. The van der Waals surface area contributed by atoms with Crippen molar-refractivity contribution in [3.05, 3.63) is 11.1 Å². The Hall–Kier alpha value is -0.650. The minimum Gasteiger partial charge on any atom is -0.345 e. The van der Waals surface area contributed by atoms with Crippen molar-refractivity contribution in [3.63, 3.8) is 0 Å². The van der Waals surface area contributed by atoms with Gasteiger partial charge in [-0.05, 0) is 20.5 Å². The maximum atomic E-state index is 4.54. The molecule has 0 radical (unpaired) electrons. The van der Waals surface area contributed by atoms with Crippen LogP contribution in [-0.4, -0.2) is 49.2 Å². The maximum Gasteiger partial charge on any atom is 0.185 e. The van der Waals surface area contributed by atoms with Crippen LogP contribution in [0.15, 0.2) is 6.20 Å². The van der Waals surface area contributed by atoms with Crippen molar-refractivity contribution in [2.45, 2.75) is 26.4 Å². The summed E-state index contributed by atoms with van der Waals surface area (Å²) in [7, 11) is 2.19. The van der Waals surface area contributed by atoms with Gasteiger partial charge in [-0.3, -0.25) is 0 Å². The quantitative estimate of drug-likeness (QED) is 0.880. The third-order valence-corrected chi connectivity index (χ3v) is 4.38. The van der Waals surface area contributed by atoms with Gasteiger partial charge >= 0.3 is 0 Å². The topological polar surface area (TPSA) is 31.4 Å². The number of rotatable bonds is 4. The highest BCUT2D eigenvalue weighted by molar-refractivity contribution is 7.15. The summed E-state index contributed by atoms with van der Waals surface area (Å²) in [5.74, 6) is 0. The fourth-order valence-electron chi connectivity index (χ4n) is 2.00. The van der Waals surface area contributed by atoms with Crippen molar-refractivity contribution in [1.29, 1.82) is 0 Å². The van der Waals surface area contributed by atoms with E-state index in [2.05, 4.69) is 41.0 Å². The smallest absolute Gasteiger partial charge is 0.185 e. The molecular weight excluding hydrogens is 232 g/mol. The molecule has 1 aliphatic heterocycles. The highest BCUT2D eigenvalue weighted by Gasteiger charge is 2.22. The number of thiazole rings is 1. The van der Waals surface area contributed by atoms with Crippen LogP contribution in [0, 0.1) is 0 Å². The van der Waals surface area contributed by atoms with Gasteiger partial charge in [0.1, 0.15) is 0 Å². The lowest BCUT2D eigenvalue weighted by atomic mass is 10.2. The van der Waals surface area contributed by atoms with Gasteiger partial charge in [0.2, 0.25) is 0 Å². The Labute approximate surface area is 108 Å². The van der Waals surface area contributed by atoms with Gasteiger partial charge in [0.15, 0.2) is 5.13 Å². The minimum atomic E-state index is 0.616. The lowest BCUT2D eigenvalue weighted by molar-refractivity contribution is 0.234. The van der Waals surface area contributed by atoms with Crippen LogP contribution in [0.2, 0.25) is 0 Å². The van der Waals surface area contributed by atoms with E-state index in [9.17, 15) is 0 Å². The lowest BCUT2D eigenvalue weighted by Gasteiger charge is -2.37. The normalized spacial score (nSPS) is 22.1. The largest absolute Gasteiger partial charge is 0.345 e. The Bertz CT molecular complexity index is 352. The fourth-order valence-corrected chi connectivity index (χ4v) is 2.91. The van der Waals surface area contributed by atoms with E-state index in [0.29, 0.717) is 6.04 Å². The van der Waals surface area contributed by atoms with Crippen molar-refractivity contribution in [2.75, 3.05) is 38.1 Å². The summed E-state index contributed by atoms with van der Waals surface area (Å²) in [4.78, 5) is 10.7. The van der Waals surface area contributed by atoms with Gasteiger partial charge in [0.05, 0.1) is 0 Å². The number of nitrogens with zero attached hydrogens (tertiary/aromatic N) is 3. The predicted octanol–water partition coefficient (Wildman–Crippen LogP) is 1.39. The molecule has 0 aliphatic carbocycles. The van der Waals surface area contributed by atoms with Gasteiger partial charge in [0.25, 0.3) is 0 Å². The van der Waals surface area contributed by atoms with E-state index in [1.54, 1.807) is 0 Å². The van der Waals surface area contributed by atoms with Crippen molar-refractivity contribution in [2.24, 2.45) is 0 Å². The first-order valence-corrected chi connectivity index (χ1v) is 7.13. The van der Waals surface area contributed by atoms with Crippen LogP contribution in [0.25, 0.3) is 0 Å². The average molecular weight is 254 g/mol. The molecule has 4 nitrogen and oxygen atoms in total. The molecule has 0 bridgehead atoms. The molecule has 1 aromatic rings. The van der Waals surface area contributed by atoms with E-state index in [0.717, 1.165) is 32.7 Å². The van der Waals surface area contributed by atoms with Gasteiger partial charge in [0, 0.05) is 43.3 Å². The van der Waals surface area contributed by atoms with Crippen LogP contribution >= 0.6 is 11.3 Å². The first kappa shape index (κ1) is 12.8. The Balaban J connectivity index is 1.95. The minimum absolute atomic E-state index is 0.616. The van der Waals surface area contributed by atoms with Gasteiger partial charge in [-0.25, -0.2) is 4.98 Å². The first-order valence-electron chi connectivity index (χ1n) is 6.31. The molecule has 2 heterocycles. The van der Waals surface area contributed by atoms with E-state index in [1.807, 2.05) is 17.5 Å². The Morgan fingerprint density at radius 2 is 2.35 bits per heavy atom. The molecule has 5 heteroatoms. The molecular formula is C12H22N4S. The lowest BCUT2D eigenvalue weighted by Crippen LogP contribution is -2.50. The van der Waals surface area contributed by atoms with Gasteiger partial charge < -0.3 is 15.1 Å². The van der Waals surface area contributed by atoms with Crippen molar-refractivity contribution in [1.82, 2.24) is 15.2 Å². The SMILES string of the molecule is CCNCc1cnc(N2CCN(C)C(C)C2)s1. The van der Waals surface area contributed by atoms with Crippen molar-refractivity contribution >= 4 is 16.5 Å². The summed E-state index contributed by atoms with van der Waals surface area (Å²) < 4.78 is 0. The molecule has 0 saturated carbocycles. The number of hydrogen-bond donors (Lipinski definition) is 1. The second kappa shape index (κ2) is 5.80. The zero-order chi connectivity index (χ0) is 12.3. The van der Waals surface area contributed by atoms with Crippen LogP contribution in [0.5, 0.6) is 0 Å². The molecule has 96 valence electrons. The van der Waals surface area contributed by atoms with Crippen molar-refractivity contribution in [3.8, 4) is 0 Å². The van der Waals surface area contributed by atoms with Crippen LogP contribution in [0.4, 0.5) is 5.13 Å². The molecule has 1 atom stereocenters. The molecule has 1 aromatic heterocycles. The summed E-state index contributed by atoms with van der Waals surface area (Å²) in [6.07, 6.45) is 2.01. The summed E-state index contributed by atoms with van der Waals surface area (Å²) in [5, 5.41) is 4.52. The molecule has 0 amide bonds. The zero-order valence-corrected chi connectivity index (χ0v) is 11.8. The average Bonchev–Trinajstić information content (AvgIpc) is 2.79. The zero-order valence-electron chi connectivity index (χ0n) is 10.9. The second-order valence-electron chi connectivity index (χ2n) is 4.67. The molecule has 17 heavy (non-hydrogen) atoms. The van der Waals surface area contributed by atoms with Crippen LogP contribution < -0.4 is 10.2 Å². The summed E-state index contributed by atoms with van der Waals surface area (Å²) in [5.41, 5.74) is 0. The molecule has 1 unspecified atom stereocenters. The molecule has 0 aromatic carbocycles. The van der Waals surface area contributed by atoms with E-state index in [4.69, 9.17) is 0 Å². The number of piperazine rings is 1. The third kappa shape index (κ3) is 3.18. The molecule has 1 fully saturated rings. The number of anilines is 1. The van der Waals surface area contributed by atoms with Crippen LogP contribution in [0.3, 0.4) is 0 Å². The van der Waals surface area contributed by atoms with Gasteiger partial charge in [-0.15, -0.1) is 11.3 Å². The Morgan fingerprint density at radius 3 is 3.06 bits per heavy atom. The molecule has 1 saturated heterocycles. The van der Waals surface area contributed by atoms with Crippen LogP contribution in [-0.2, 0) is 6.54 Å². The van der Waals surface area contributed by atoms with E-state index >= 15 is 0 Å². The van der Waals surface area contributed by atoms with Gasteiger partial charge in [-0.2, -0.15) is 0 Å². The molecule has 0 spiro atoms. The number of aromatic nitrogens is 1. The second-order valence-corrected chi connectivity index (χ2v) is 5.76. The van der Waals surface area contributed by atoms with E-state index in [1.165, 1.54) is 10.0 Å². The Morgan fingerprint density at radius 1 is 1.53 bits per heavy atom. The molecule has 1 aliphatic rings. The number of nitrogens with one attached hydrogen (secondary N) is 1. The fraction of sp³-hybridized carbons (Fsp3) is 0.750. The maximum absolute atomic E-state index is 4.54. The number of hydrogen-bond acceptors (Lipinski definition) is 5. The van der Waals surface area contributed by atoms with Gasteiger partial charge in [-0.1, -0.05) is 6.92 Å². The Kier molecular flexibility index (Phi) is 4.36. The highest BCUT2D eigenvalue weighted by Crippen LogP contribution is 2.24. The monoisotopic (exact) mass is 254 g/mol. The highest BCUT2D eigenvalue weighted by atomic mass is 32.1. The van der Waals surface area contributed by atoms with Crippen molar-refractivity contribution < 1.29 is 0 Å². The summed E-state index contributed by atoms with van der Waals surface area (Å²) >= 11 is 1.82. The van der Waals surface area contributed by atoms with E-state index < -0.39 is 0 Å². The standard InChI is InChI=1S/C12H22N4S/c1-4-13-7-11-8-14-12(17-11)16-6-5-15(3)10(2)9-16/h8,10,13H,4-7,9H2,1-3H3. The van der Waals surface area contributed by atoms with E-state index in [-0.39, 0.29) is 0 Å². The third-order valence-electron chi connectivity index (χ3n) is 3.32. The first-order chi connectivity index (χ1) is 8.20. The number of likely N-dealkylation sites (N-methyl/N-ethyl adjacent to an activating group) is 1. The summed E-state index contributed by atoms with van der Waals surface area (Å²) in [6.45, 7) is 9.67.